The maximum Gasteiger partial charge on any atom is 0.318 e. The van der Waals surface area contributed by atoms with Crippen LogP contribution < -0.4 is 0 Å². The van der Waals surface area contributed by atoms with Crippen molar-refractivity contribution in [2.75, 3.05) is 0 Å². The molecule has 0 unspecified atom stereocenters. The molecule has 1 aromatic carbocycles. The lowest BCUT2D eigenvalue weighted by Crippen LogP contribution is -2.53. The third kappa shape index (κ3) is 1.90. The van der Waals surface area contributed by atoms with Crippen molar-refractivity contribution in [3.63, 3.8) is 0 Å². The Hall–Kier alpha value is -0.970. The molecule has 1 aliphatic rings. The molecule has 4 nitrogen and oxygen atoms in total. The van der Waals surface area contributed by atoms with E-state index >= 15 is 0 Å². The van der Waals surface area contributed by atoms with Crippen molar-refractivity contribution >= 4 is 29.0 Å². The van der Waals surface area contributed by atoms with Crippen molar-refractivity contribution in [1.29, 1.82) is 0 Å². The molecule has 0 atom stereocenters. The van der Waals surface area contributed by atoms with Crippen LogP contribution in [0.5, 0.6) is 0 Å². The number of halogens is 2. The van der Waals surface area contributed by atoms with Crippen molar-refractivity contribution in [3.05, 3.63) is 39.0 Å². The van der Waals surface area contributed by atoms with Crippen molar-refractivity contribution < 1.29 is 9.95 Å². The highest BCUT2D eigenvalue weighted by molar-refractivity contribution is 6.36. The van der Waals surface area contributed by atoms with Gasteiger partial charge < -0.3 is 5.21 Å². The zero-order chi connectivity index (χ0) is 14.6. The van der Waals surface area contributed by atoms with E-state index in [2.05, 4.69) is 0 Å². The summed E-state index contributed by atoms with van der Waals surface area (Å²) in [5, 5.41) is 26.4. The molecule has 19 heavy (non-hydrogen) atoms. The molecule has 1 aliphatic heterocycles. The maximum atomic E-state index is 12.4. The van der Waals surface area contributed by atoms with Crippen molar-refractivity contribution in [1.82, 2.24) is 5.06 Å². The van der Waals surface area contributed by atoms with Gasteiger partial charge in [0.1, 0.15) is 5.54 Å². The number of nitrogens with zero attached hydrogens (tertiary/aromatic N) is 2. The molecule has 0 amide bonds. The van der Waals surface area contributed by atoms with Gasteiger partial charge in [-0.3, -0.25) is 4.74 Å². The van der Waals surface area contributed by atoms with Crippen LogP contribution in [0.15, 0.2) is 18.2 Å². The number of benzene rings is 1. The van der Waals surface area contributed by atoms with Crippen LogP contribution in [0.2, 0.25) is 10.0 Å². The normalized spacial score (nSPS) is 21.1. The Bertz CT molecular complexity index is 568. The van der Waals surface area contributed by atoms with Crippen molar-refractivity contribution in [3.8, 4) is 0 Å². The molecule has 0 N–H and O–H groups in total. The van der Waals surface area contributed by atoms with Gasteiger partial charge in [-0.25, -0.2) is 0 Å². The molecule has 1 aromatic rings. The first-order valence-electron chi connectivity index (χ1n) is 5.88. The van der Waals surface area contributed by atoms with Crippen LogP contribution >= 0.6 is 23.2 Å². The second kappa shape index (κ2) is 4.27. The van der Waals surface area contributed by atoms with E-state index < -0.39 is 11.1 Å². The lowest BCUT2D eigenvalue weighted by Gasteiger charge is -2.32. The summed E-state index contributed by atoms with van der Waals surface area (Å²) < 4.78 is 0.731. The number of hydrogen-bond donors (Lipinski definition) is 0. The standard InChI is InChI=1S/C13H15Cl2N2O2/c1-12(2)13(3,4)17(19)11(16(12)18)9-6-5-8(14)7-10(9)15/h5-7H,1-4H3. The minimum absolute atomic E-state index is 0.0247. The van der Waals surface area contributed by atoms with Gasteiger partial charge in [0.15, 0.2) is 5.54 Å². The number of amidine groups is 1. The Labute approximate surface area is 122 Å². The van der Waals surface area contributed by atoms with Crippen LogP contribution in [0.25, 0.3) is 0 Å². The molecule has 1 radical (unpaired) electrons. The summed E-state index contributed by atoms with van der Waals surface area (Å²) in [5.41, 5.74) is -1.31. The molecule has 0 spiro atoms. The molecule has 6 heteroatoms. The second-order valence-electron chi connectivity index (χ2n) is 5.65. The fraction of sp³-hybridized carbons (Fsp3) is 0.462. The Kier molecular flexibility index (Phi) is 3.24. The van der Waals surface area contributed by atoms with Crippen LogP contribution in [0, 0.1) is 5.21 Å². The molecule has 0 aliphatic carbocycles. The third-order valence-corrected chi connectivity index (χ3v) is 4.62. The van der Waals surface area contributed by atoms with Crippen molar-refractivity contribution in [2.24, 2.45) is 0 Å². The quantitative estimate of drug-likeness (QED) is 0.589. The topological polar surface area (TPSA) is 49.2 Å². The largest absolute Gasteiger partial charge is 0.714 e. The minimum atomic E-state index is -0.854. The van der Waals surface area contributed by atoms with Crippen LogP contribution in [0.3, 0.4) is 0 Å². The van der Waals surface area contributed by atoms with Crippen LogP contribution in [0.1, 0.15) is 33.3 Å². The highest BCUT2D eigenvalue weighted by Gasteiger charge is 2.60. The lowest BCUT2D eigenvalue weighted by atomic mass is 9.84. The zero-order valence-electron chi connectivity index (χ0n) is 11.2. The maximum absolute atomic E-state index is 12.4. The highest BCUT2D eigenvalue weighted by atomic mass is 35.5. The average molecular weight is 302 g/mol. The van der Waals surface area contributed by atoms with Gasteiger partial charge >= 0.3 is 5.84 Å². The summed E-state index contributed by atoms with van der Waals surface area (Å²) in [4.78, 5) is 0. The van der Waals surface area contributed by atoms with Gasteiger partial charge in [0, 0.05) is 10.2 Å². The molecule has 2 rings (SSSR count). The predicted octanol–water partition coefficient (Wildman–Crippen LogP) is 3.47. The van der Waals surface area contributed by atoms with E-state index in [0.29, 0.717) is 10.6 Å². The van der Waals surface area contributed by atoms with Gasteiger partial charge in [-0.15, -0.1) is 0 Å². The molecule has 0 saturated heterocycles. The smallest absolute Gasteiger partial charge is 0.318 e. The first-order chi connectivity index (χ1) is 8.60. The summed E-state index contributed by atoms with van der Waals surface area (Å²) in [7, 11) is 0. The van der Waals surface area contributed by atoms with Gasteiger partial charge in [-0.1, -0.05) is 28.3 Å². The Morgan fingerprint density at radius 2 is 1.79 bits per heavy atom. The van der Waals surface area contributed by atoms with E-state index in [1.54, 1.807) is 39.8 Å². The van der Waals surface area contributed by atoms with Crippen molar-refractivity contribution in [2.45, 2.75) is 38.8 Å². The van der Waals surface area contributed by atoms with E-state index in [1.807, 2.05) is 0 Å². The summed E-state index contributed by atoms with van der Waals surface area (Å²) in [5.74, 6) is 0.0247. The second-order valence-corrected chi connectivity index (χ2v) is 6.50. The molecule has 0 aromatic heterocycles. The zero-order valence-corrected chi connectivity index (χ0v) is 12.7. The summed E-state index contributed by atoms with van der Waals surface area (Å²) in [6.07, 6.45) is 0. The summed E-state index contributed by atoms with van der Waals surface area (Å²) in [6, 6.07) is 4.72. The van der Waals surface area contributed by atoms with Gasteiger partial charge in [0.25, 0.3) is 0 Å². The summed E-state index contributed by atoms with van der Waals surface area (Å²) in [6.45, 7) is 6.95. The van der Waals surface area contributed by atoms with Gasteiger partial charge in [0.05, 0.1) is 10.6 Å². The Morgan fingerprint density at radius 3 is 2.21 bits per heavy atom. The molecular weight excluding hydrogens is 287 g/mol. The number of rotatable bonds is 1. The van der Waals surface area contributed by atoms with Gasteiger partial charge in [0.2, 0.25) is 0 Å². The van der Waals surface area contributed by atoms with Gasteiger partial charge in [-0.2, -0.15) is 0 Å². The van der Waals surface area contributed by atoms with E-state index in [-0.39, 0.29) is 10.9 Å². The lowest BCUT2D eigenvalue weighted by molar-refractivity contribution is -0.539. The van der Waals surface area contributed by atoms with E-state index in [9.17, 15) is 10.4 Å². The van der Waals surface area contributed by atoms with Gasteiger partial charge in [-0.05, 0) is 45.9 Å². The average Bonchev–Trinajstić information content (AvgIpc) is 2.40. The Balaban J connectivity index is 2.65. The highest BCUT2D eigenvalue weighted by Crippen LogP contribution is 2.38. The fourth-order valence-corrected chi connectivity index (χ4v) is 2.49. The monoisotopic (exact) mass is 301 g/mol. The van der Waals surface area contributed by atoms with E-state index in [0.717, 1.165) is 9.80 Å². The molecule has 1 heterocycles. The van der Waals surface area contributed by atoms with E-state index in [1.165, 1.54) is 6.07 Å². The summed E-state index contributed by atoms with van der Waals surface area (Å²) >= 11 is 11.9. The Morgan fingerprint density at radius 1 is 1.21 bits per heavy atom. The molecule has 0 saturated carbocycles. The predicted molar refractivity (Wildman–Crippen MR) is 74.9 cm³/mol. The molecular formula is C13H15Cl2N2O2. The molecule has 103 valence electrons. The first kappa shape index (κ1) is 14.4. The van der Waals surface area contributed by atoms with Crippen LogP contribution in [-0.4, -0.2) is 26.7 Å². The van der Waals surface area contributed by atoms with Crippen LogP contribution in [0.4, 0.5) is 0 Å². The SMILES string of the molecule is CC1(C)N([O])C(c2ccc(Cl)cc2Cl)=[N+]([O-])C1(C)C. The number of hydroxylamine groups is 3. The number of hydrogen-bond acceptors (Lipinski definition) is 2. The molecule has 0 fully saturated rings. The first-order valence-corrected chi connectivity index (χ1v) is 6.63. The minimum Gasteiger partial charge on any atom is -0.714 e. The molecule has 0 bridgehead atoms. The van der Waals surface area contributed by atoms with E-state index in [4.69, 9.17) is 23.2 Å². The van der Waals surface area contributed by atoms with Crippen LogP contribution in [-0.2, 0) is 5.21 Å². The fourth-order valence-electron chi connectivity index (χ4n) is 2.00. The third-order valence-electron chi connectivity index (χ3n) is 4.07.